The molecule has 0 radical (unpaired) electrons. The Kier molecular flexibility index (Phi) is 5.12. The highest BCUT2D eigenvalue weighted by Crippen LogP contribution is 2.51. The standard InChI is InChI=1S/C45H30O/c1-45(2)39-18-10-9-13-31(39)32-21-19-30(25-40(32)45)44-35-16-7-5-14-33(35)43(34-15-6-8-17-36(34)44)29-20-22-41-37(24-29)38-23-27-11-3-4-12-28(27)26-42(38)46-41/h3-26H,1-2H3. The zero-order valence-corrected chi connectivity index (χ0v) is 25.8. The van der Waals surface area contributed by atoms with Crippen molar-refractivity contribution in [3.05, 3.63) is 157 Å². The van der Waals surface area contributed by atoms with E-state index in [1.807, 2.05) is 0 Å². The molecule has 46 heavy (non-hydrogen) atoms. The Morgan fingerprint density at radius 3 is 1.61 bits per heavy atom. The van der Waals surface area contributed by atoms with Crippen molar-refractivity contribution in [2.24, 2.45) is 0 Å². The first-order valence-corrected chi connectivity index (χ1v) is 16.1. The van der Waals surface area contributed by atoms with Crippen molar-refractivity contribution in [1.82, 2.24) is 0 Å². The van der Waals surface area contributed by atoms with Crippen molar-refractivity contribution in [3.8, 4) is 33.4 Å². The monoisotopic (exact) mass is 586 g/mol. The van der Waals surface area contributed by atoms with Crippen LogP contribution in [0, 0.1) is 0 Å². The number of benzene rings is 8. The summed E-state index contributed by atoms with van der Waals surface area (Å²) in [6.45, 7) is 4.72. The van der Waals surface area contributed by atoms with Crippen molar-refractivity contribution >= 4 is 54.3 Å². The maximum atomic E-state index is 6.38. The molecule has 1 nitrogen and oxygen atoms in total. The van der Waals surface area contributed by atoms with E-state index >= 15 is 0 Å². The van der Waals surface area contributed by atoms with E-state index in [4.69, 9.17) is 4.42 Å². The molecule has 0 bridgehead atoms. The molecular weight excluding hydrogens is 556 g/mol. The van der Waals surface area contributed by atoms with E-state index in [1.165, 1.54) is 76.8 Å². The van der Waals surface area contributed by atoms with Crippen LogP contribution in [-0.2, 0) is 5.41 Å². The van der Waals surface area contributed by atoms with Crippen LogP contribution < -0.4 is 0 Å². The minimum absolute atomic E-state index is 0.0540. The Labute approximate surface area is 267 Å². The minimum Gasteiger partial charge on any atom is -0.456 e. The fraction of sp³-hybridized carbons (Fsp3) is 0.0667. The van der Waals surface area contributed by atoms with Gasteiger partial charge in [0.15, 0.2) is 0 Å². The van der Waals surface area contributed by atoms with Crippen LogP contribution in [-0.4, -0.2) is 0 Å². The molecule has 0 aliphatic heterocycles. The largest absolute Gasteiger partial charge is 0.456 e. The molecule has 1 heterocycles. The lowest BCUT2D eigenvalue weighted by molar-refractivity contribution is 0.660. The second-order valence-electron chi connectivity index (χ2n) is 13.3. The van der Waals surface area contributed by atoms with Crippen molar-refractivity contribution in [1.29, 1.82) is 0 Å². The topological polar surface area (TPSA) is 13.1 Å². The predicted molar refractivity (Wildman–Crippen MR) is 195 cm³/mol. The summed E-state index contributed by atoms with van der Waals surface area (Å²) >= 11 is 0. The van der Waals surface area contributed by atoms with E-state index in [1.54, 1.807) is 0 Å². The molecule has 1 aliphatic carbocycles. The summed E-state index contributed by atoms with van der Waals surface area (Å²) < 4.78 is 6.38. The van der Waals surface area contributed by atoms with E-state index in [9.17, 15) is 0 Å². The lowest BCUT2D eigenvalue weighted by Crippen LogP contribution is -2.14. The van der Waals surface area contributed by atoms with Gasteiger partial charge >= 0.3 is 0 Å². The molecule has 0 atom stereocenters. The summed E-state index contributed by atoms with van der Waals surface area (Å²) in [5, 5.41) is 9.79. The highest BCUT2D eigenvalue weighted by Gasteiger charge is 2.35. The van der Waals surface area contributed by atoms with Crippen LogP contribution in [0.5, 0.6) is 0 Å². The van der Waals surface area contributed by atoms with E-state index < -0.39 is 0 Å². The van der Waals surface area contributed by atoms with Gasteiger partial charge in [-0.3, -0.25) is 0 Å². The summed E-state index contributed by atoms with van der Waals surface area (Å²) in [7, 11) is 0. The molecular formula is C45H30O. The Bertz CT molecular complexity index is 2660. The van der Waals surface area contributed by atoms with Crippen molar-refractivity contribution in [2.45, 2.75) is 19.3 Å². The molecule has 0 saturated carbocycles. The molecule has 216 valence electrons. The smallest absolute Gasteiger partial charge is 0.136 e. The van der Waals surface area contributed by atoms with E-state index in [0.717, 1.165) is 21.9 Å². The number of hydrogen-bond acceptors (Lipinski definition) is 1. The quantitative estimate of drug-likeness (QED) is 0.184. The van der Waals surface area contributed by atoms with Crippen molar-refractivity contribution in [3.63, 3.8) is 0 Å². The summed E-state index contributed by atoms with van der Waals surface area (Å²) in [4.78, 5) is 0. The molecule has 10 rings (SSSR count). The molecule has 0 saturated heterocycles. The third-order valence-electron chi connectivity index (χ3n) is 10.4. The van der Waals surface area contributed by atoms with E-state index in [2.05, 4.69) is 159 Å². The Morgan fingerprint density at radius 1 is 0.391 bits per heavy atom. The second-order valence-corrected chi connectivity index (χ2v) is 13.3. The molecule has 0 N–H and O–H groups in total. The van der Waals surface area contributed by atoms with Gasteiger partial charge in [0.25, 0.3) is 0 Å². The normalized spacial score (nSPS) is 13.6. The summed E-state index contributed by atoms with van der Waals surface area (Å²) in [5.41, 5.74) is 12.3. The lowest BCUT2D eigenvalue weighted by atomic mass is 9.80. The summed E-state index contributed by atoms with van der Waals surface area (Å²) in [6, 6.07) is 53.5. The van der Waals surface area contributed by atoms with Gasteiger partial charge < -0.3 is 4.42 Å². The molecule has 1 aliphatic rings. The predicted octanol–water partition coefficient (Wildman–Crippen LogP) is 12.7. The zero-order chi connectivity index (χ0) is 30.6. The number of hydrogen-bond donors (Lipinski definition) is 0. The van der Waals surface area contributed by atoms with Gasteiger partial charge in [0, 0.05) is 16.2 Å². The minimum atomic E-state index is -0.0540. The van der Waals surface area contributed by atoms with Gasteiger partial charge in [-0.05, 0) is 107 Å². The highest BCUT2D eigenvalue weighted by molar-refractivity contribution is 6.22. The SMILES string of the molecule is CC1(C)c2ccccc2-c2ccc(-c3c4ccccc4c(-c4ccc5oc6cc7ccccc7cc6c5c4)c4ccccc34)cc21. The Balaban J connectivity index is 1.24. The average molecular weight is 587 g/mol. The van der Waals surface area contributed by atoms with Crippen LogP contribution in [0.3, 0.4) is 0 Å². The first kappa shape index (κ1) is 25.6. The molecule has 0 amide bonds. The number of rotatable bonds is 2. The summed E-state index contributed by atoms with van der Waals surface area (Å²) in [6.07, 6.45) is 0. The first-order valence-electron chi connectivity index (χ1n) is 16.1. The number of furan rings is 1. The van der Waals surface area contributed by atoms with Crippen LogP contribution in [0.1, 0.15) is 25.0 Å². The van der Waals surface area contributed by atoms with Crippen LogP contribution in [0.4, 0.5) is 0 Å². The number of fused-ring (bicyclic) bond motifs is 9. The molecule has 0 fully saturated rings. The van der Waals surface area contributed by atoms with E-state index in [0.29, 0.717) is 0 Å². The van der Waals surface area contributed by atoms with Crippen LogP contribution >= 0.6 is 0 Å². The fourth-order valence-electron chi connectivity index (χ4n) is 8.23. The second kappa shape index (κ2) is 9.19. The van der Waals surface area contributed by atoms with Gasteiger partial charge in [-0.25, -0.2) is 0 Å². The Morgan fingerprint density at radius 2 is 0.913 bits per heavy atom. The highest BCUT2D eigenvalue weighted by atomic mass is 16.3. The first-order chi connectivity index (χ1) is 22.6. The van der Waals surface area contributed by atoms with Gasteiger partial charge in [0.1, 0.15) is 11.2 Å². The lowest BCUT2D eigenvalue weighted by Gasteiger charge is -2.23. The van der Waals surface area contributed by atoms with Gasteiger partial charge in [0.2, 0.25) is 0 Å². The molecule has 9 aromatic rings. The average Bonchev–Trinajstić information content (AvgIpc) is 3.56. The maximum Gasteiger partial charge on any atom is 0.136 e. The maximum absolute atomic E-state index is 6.38. The molecule has 0 unspecified atom stereocenters. The molecule has 1 aromatic heterocycles. The molecule has 8 aromatic carbocycles. The third kappa shape index (κ3) is 3.46. The molecule has 1 heteroatoms. The third-order valence-corrected chi connectivity index (χ3v) is 10.4. The molecule has 0 spiro atoms. The van der Waals surface area contributed by atoms with Crippen LogP contribution in [0.25, 0.3) is 87.6 Å². The fourth-order valence-corrected chi connectivity index (χ4v) is 8.23. The van der Waals surface area contributed by atoms with Crippen molar-refractivity contribution < 1.29 is 4.42 Å². The van der Waals surface area contributed by atoms with Gasteiger partial charge in [0.05, 0.1) is 0 Å². The Hall–Kier alpha value is -5.66. The van der Waals surface area contributed by atoms with Crippen LogP contribution in [0.15, 0.2) is 150 Å². The van der Waals surface area contributed by atoms with Crippen LogP contribution in [0.2, 0.25) is 0 Å². The van der Waals surface area contributed by atoms with Gasteiger partial charge in [-0.2, -0.15) is 0 Å². The van der Waals surface area contributed by atoms with Gasteiger partial charge in [-0.1, -0.05) is 129 Å². The van der Waals surface area contributed by atoms with Gasteiger partial charge in [-0.15, -0.1) is 0 Å². The van der Waals surface area contributed by atoms with E-state index in [-0.39, 0.29) is 5.41 Å². The summed E-state index contributed by atoms with van der Waals surface area (Å²) in [5.74, 6) is 0. The van der Waals surface area contributed by atoms with Crippen molar-refractivity contribution in [2.75, 3.05) is 0 Å². The zero-order valence-electron chi connectivity index (χ0n) is 25.8.